The van der Waals surface area contributed by atoms with Gasteiger partial charge in [-0.1, -0.05) is 6.08 Å². The van der Waals surface area contributed by atoms with Gasteiger partial charge in [0.2, 0.25) is 0 Å². The number of hydrogen-bond donors (Lipinski definition) is 2. The van der Waals surface area contributed by atoms with E-state index in [1.54, 1.807) is 0 Å². The lowest BCUT2D eigenvalue weighted by molar-refractivity contribution is 0.117. The van der Waals surface area contributed by atoms with Gasteiger partial charge in [0, 0.05) is 19.1 Å². The van der Waals surface area contributed by atoms with Crippen LogP contribution in [0.1, 0.15) is 12.8 Å². The van der Waals surface area contributed by atoms with Gasteiger partial charge in [0.1, 0.15) is 0 Å². The molecule has 64 valence electrons. The van der Waals surface area contributed by atoms with Crippen LogP contribution < -0.4 is 5.43 Å². The van der Waals surface area contributed by atoms with Crippen molar-refractivity contribution >= 4 is 0 Å². The molecule has 0 aromatic heterocycles. The summed E-state index contributed by atoms with van der Waals surface area (Å²) in [5.74, 6) is 0. The van der Waals surface area contributed by atoms with Crippen LogP contribution in [0.25, 0.3) is 0 Å². The number of nitrogens with one attached hydrogen (secondary N) is 1. The smallest absolute Gasteiger partial charge is 0.0600 e. The van der Waals surface area contributed by atoms with Crippen LogP contribution in [0, 0.1) is 0 Å². The summed E-state index contributed by atoms with van der Waals surface area (Å²) in [7, 11) is 0. The minimum absolute atomic E-state index is 0.254. The normalized spacial score (nSPS) is 25.7. The van der Waals surface area contributed by atoms with E-state index in [4.69, 9.17) is 5.11 Å². The van der Waals surface area contributed by atoms with E-state index >= 15 is 0 Å². The first-order valence-electron chi connectivity index (χ1n) is 4.10. The Morgan fingerprint density at radius 3 is 3.18 bits per heavy atom. The summed E-state index contributed by atoms with van der Waals surface area (Å²) >= 11 is 0. The maximum atomic E-state index is 8.93. The highest BCUT2D eigenvalue weighted by molar-refractivity contribution is 4.77. The van der Waals surface area contributed by atoms with E-state index in [9.17, 15) is 0 Å². The number of hydrazine groups is 1. The average molecular weight is 156 g/mol. The van der Waals surface area contributed by atoms with Crippen LogP contribution in [0.5, 0.6) is 0 Å². The minimum atomic E-state index is 0.254. The number of hydrogen-bond acceptors (Lipinski definition) is 3. The highest BCUT2D eigenvalue weighted by Gasteiger charge is 2.22. The minimum Gasteiger partial charge on any atom is -0.395 e. The Bertz CT molecular complexity index is 127. The van der Waals surface area contributed by atoms with Crippen molar-refractivity contribution < 1.29 is 5.11 Å². The summed E-state index contributed by atoms with van der Waals surface area (Å²) in [5, 5.41) is 11.0. The molecule has 1 fully saturated rings. The Morgan fingerprint density at radius 1 is 1.73 bits per heavy atom. The molecule has 0 spiro atoms. The molecule has 0 aromatic carbocycles. The largest absolute Gasteiger partial charge is 0.395 e. The molecular formula is C8H16N2O. The summed E-state index contributed by atoms with van der Waals surface area (Å²) in [4.78, 5) is 0. The Labute approximate surface area is 67.7 Å². The van der Waals surface area contributed by atoms with Crippen molar-refractivity contribution in [3.63, 3.8) is 0 Å². The molecule has 2 N–H and O–H groups in total. The Morgan fingerprint density at radius 2 is 2.55 bits per heavy atom. The predicted octanol–water partition coefficient (Wildman–Crippen LogP) is 0.134. The first kappa shape index (κ1) is 8.71. The zero-order valence-corrected chi connectivity index (χ0v) is 6.79. The second kappa shape index (κ2) is 4.49. The van der Waals surface area contributed by atoms with Crippen LogP contribution in [-0.2, 0) is 0 Å². The van der Waals surface area contributed by atoms with E-state index < -0.39 is 0 Å². The van der Waals surface area contributed by atoms with Gasteiger partial charge in [0.05, 0.1) is 6.61 Å². The molecule has 1 saturated heterocycles. The molecule has 1 aliphatic rings. The van der Waals surface area contributed by atoms with Gasteiger partial charge in [0.25, 0.3) is 0 Å². The second-order valence-corrected chi connectivity index (χ2v) is 2.82. The van der Waals surface area contributed by atoms with E-state index in [2.05, 4.69) is 17.0 Å². The SMILES string of the molecule is C=CCNN1CCC[C@H]1CO. The van der Waals surface area contributed by atoms with Crippen LogP contribution in [0.4, 0.5) is 0 Å². The van der Waals surface area contributed by atoms with Crippen LogP contribution >= 0.6 is 0 Å². The van der Waals surface area contributed by atoms with Crippen LogP contribution in [-0.4, -0.2) is 35.9 Å². The lowest BCUT2D eigenvalue weighted by atomic mass is 10.2. The maximum Gasteiger partial charge on any atom is 0.0600 e. The molecule has 3 nitrogen and oxygen atoms in total. The topological polar surface area (TPSA) is 35.5 Å². The van der Waals surface area contributed by atoms with Gasteiger partial charge in [0.15, 0.2) is 0 Å². The highest BCUT2D eigenvalue weighted by Crippen LogP contribution is 2.13. The van der Waals surface area contributed by atoms with Gasteiger partial charge < -0.3 is 5.11 Å². The molecule has 0 aliphatic carbocycles. The zero-order valence-electron chi connectivity index (χ0n) is 6.79. The van der Waals surface area contributed by atoms with Gasteiger partial charge in [-0.2, -0.15) is 0 Å². The third-order valence-corrected chi connectivity index (χ3v) is 2.03. The van der Waals surface area contributed by atoms with Crippen LogP contribution in [0.2, 0.25) is 0 Å². The predicted molar refractivity (Wildman–Crippen MR) is 45.0 cm³/mol. The molecule has 0 bridgehead atoms. The highest BCUT2D eigenvalue weighted by atomic mass is 16.3. The molecular weight excluding hydrogens is 140 g/mol. The van der Waals surface area contributed by atoms with Gasteiger partial charge in [-0.05, 0) is 12.8 Å². The lowest BCUT2D eigenvalue weighted by Gasteiger charge is -2.22. The van der Waals surface area contributed by atoms with Crippen molar-refractivity contribution in [1.82, 2.24) is 10.4 Å². The molecule has 0 unspecified atom stereocenters. The number of nitrogens with zero attached hydrogens (tertiary/aromatic N) is 1. The molecule has 0 radical (unpaired) electrons. The quantitative estimate of drug-likeness (QED) is 0.568. The van der Waals surface area contributed by atoms with Gasteiger partial charge >= 0.3 is 0 Å². The van der Waals surface area contributed by atoms with E-state index in [1.807, 2.05) is 6.08 Å². The molecule has 0 amide bonds. The fraction of sp³-hybridized carbons (Fsp3) is 0.750. The summed E-state index contributed by atoms with van der Waals surface area (Å²) in [6.45, 7) is 5.70. The van der Waals surface area contributed by atoms with Gasteiger partial charge in [-0.25, -0.2) is 5.01 Å². The molecule has 0 saturated carbocycles. The summed E-state index contributed by atoms with van der Waals surface area (Å²) in [5.41, 5.74) is 3.19. The average Bonchev–Trinajstić information content (AvgIpc) is 2.47. The molecule has 3 heteroatoms. The van der Waals surface area contributed by atoms with Crippen molar-refractivity contribution in [2.24, 2.45) is 0 Å². The third kappa shape index (κ3) is 2.29. The first-order chi connectivity index (χ1) is 5.38. The van der Waals surface area contributed by atoms with Crippen molar-refractivity contribution in [3.05, 3.63) is 12.7 Å². The van der Waals surface area contributed by atoms with Crippen molar-refractivity contribution in [1.29, 1.82) is 0 Å². The monoisotopic (exact) mass is 156 g/mol. The van der Waals surface area contributed by atoms with Crippen molar-refractivity contribution in [2.45, 2.75) is 18.9 Å². The van der Waals surface area contributed by atoms with Crippen LogP contribution in [0.3, 0.4) is 0 Å². The first-order valence-corrected chi connectivity index (χ1v) is 4.10. The molecule has 11 heavy (non-hydrogen) atoms. The number of aliphatic hydroxyl groups is 1. The molecule has 1 atom stereocenters. The van der Waals surface area contributed by atoms with Crippen molar-refractivity contribution in [3.8, 4) is 0 Å². The third-order valence-electron chi connectivity index (χ3n) is 2.03. The molecule has 1 heterocycles. The fourth-order valence-corrected chi connectivity index (χ4v) is 1.42. The zero-order chi connectivity index (χ0) is 8.10. The fourth-order valence-electron chi connectivity index (χ4n) is 1.42. The Balaban J connectivity index is 2.25. The summed E-state index contributed by atoms with van der Waals surface area (Å²) < 4.78 is 0. The van der Waals surface area contributed by atoms with Gasteiger partial charge in [-0.3, -0.25) is 5.43 Å². The van der Waals surface area contributed by atoms with E-state index in [-0.39, 0.29) is 6.61 Å². The Kier molecular flexibility index (Phi) is 3.56. The summed E-state index contributed by atoms with van der Waals surface area (Å²) in [6, 6.07) is 0.315. The molecule has 1 aliphatic heterocycles. The maximum absolute atomic E-state index is 8.93. The van der Waals surface area contributed by atoms with Gasteiger partial charge in [-0.15, -0.1) is 6.58 Å². The van der Waals surface area contributed by atoms with Crippen molar-refractivity contribution in [2.75, 3.05) is 19.7 Å². The molecule has 0 aromatic rings. The summed E-state index contributed by atoms with van der Waals surface area (Å²) in [6.07, 6.45) is 4.10. The Hall–Kier alpha value is -0.380. The molecule has 1 rings (SSSR count). The standard InChI is InChI=1S/C8H16N2O/c1-2-5-9-10-6-3-4-8(10)7-11/h2,8-9,11H,1,3-7H2/t8-/m0/s1. The van der Waals surface area contributed by atoms with E-state index in [1.165, 1.54) is 6.42 Å². The number of aliphatic hydroxyl groups excluding tert-OH is 1. The lowest BCUT2D eigenvalue weighted by Crippen LogP contribution is -2.43. The second-order valence-electron chi connectivity index (χ2n) is 2.82. The van der Waals surface area contributed by atoms with E-state index in [0.29, 0.717) is 6.04 Å². The van der Waals surface area contributed by atoms with Crippen LogP contribution in [0.15, 0.2) is 12.7 Å². The van der Waals surface area contributed by atoms with E-state index in [0.717, 1.165) is 19.5 Å². The number of rotatable bonds is 4.